The molecule has 0 bridgehead atoms. The zero-order valence-electron chi connectivity index (χ0n) is 17.1. The summed E-state index contributed by atoms with van der Waals surface area (Å²) in [7, 11) is 0. The summed E-state index contributed by atoms with van der Waals surface area (Å²) in [6.07, 6.45) is 5.28. The van der Waals surface area contributed by atoms with Crippen LogP contribution in [0.2, 0.25) is 0 Å². The monoisotopic (exact) mass is 437 g/mol. The van der Waals surface area contributed by atoms with Gasteiger partial charge in [-0.05, 0) is 36.5 Å². The predicted molar refractivity (Wildman–Crippen MR) is 115 cm³/mol. The van der Waals surface area contributed by atoms with Gasteiger partial charge in [0.2, 0.25) is 23.4 Å². The number of thiophene rings is 1. The van der Waals surface area contributed by atoms with Gasteiger partial charge in [-0.2, -0.15) is 9.97 Å². The van der Waals surface area contributed by atoms with Crippen LogP contribution in [0, 0.1) is 0 Å². The van der Waals surface area contributed by atoms with Crippen LogP contribution in [0.15, 0.2) is 51.1 Å². The molecule has 4 aromatic heterocycles. The van der Waals surface area contributed by atoms with Crippen molar-refractivity contribution in [1.29, 1.82) is 0 Å². The van der Waals surface area contributed by atoms with E-state index in [1.165, 1.54) is 0 Å². The molecule has 0 radical (unpaired) electrons. The fraction of sp³-hybridized carbons (Fsp3) is 0.381. The van der Waals surface area contributed by atoms with Gasteiger partial charge in [-0.15, -0.1) is 11.3 Å². The number of nitrogens with zero attached hydrogens (tertiary/aromatic N) is 7. The standard InChI is InChI=1S/C21H23N7O2S/c1-4-16(14-22-7-1)20-24-19(30-25-20)15-28-11-9-27(10-12-28)8-2-6-18-23-21(26-29-18)17-5-3-13-31-17/h1,3-5,7,13-14H,2,6,8-12,15H2. The Morgan fingerprint density at radius 3 is 2.52 bits per heavy atom. The van der Waals surface area contributed by atoms with Gasteiger partial charge in [0.15, 0.2) is 0 Å². The van der Waals surface area contributed by atoms with E-state index in [0.717, 1.165) is 56.0 Å². The topological polar surface area (TPSA) is 97.2 Å². The molecule has 10 heteroatoms. The average molecular weight is 438 g/mol. The van der Waals surface area contributed by atoms with Crippen LogP contribution in [0.5, 0.6) is 0 Å². The Hall–Kier alpha value is -2.95. The summed E-state index contributed by atoms with van der Waals surface area (Å²) >= 11 is 1.62. The summed E-state index contributed by atoms with van der Waals surface area (Å²) in [6, 6.07) is 7.80. The van der Waals surface area contributed by atoms with E-state index < -0.39 is 0 Å². The molecule has 1 saturated heterocycles. The molecule has 4 aromatic rings. The third-order valence-electron chi connectivity index (χ3n) is 5.29. The Balaban J connectivity index is 1.04. The van der Waals surface area contributed by atoms with Crippen molar-refractivity contribution in [3.8, 4) is 22.1 Å². The largest absolute Gasteiger partial charge is 0.339 e. The molecule has 1 aliphatic rings. The van der Waals surface area contributed by atoms with Crippen molar-refractivity contribution < 1.29 is 9.05 Å². The summed E-state index contributed by atoms with van der Waals surface area (Å²) < 4.78 is 10.8. The Bertz CT molecular complexity index is 1070. The molecule has 1 aliphatic heterocycles. The number of hydrogen-bond acceptors (Lipinski definition) is 10. The molecule has 31 heavy (non-hydrogen) atoms. The molecule has 5 heterocycles. The van der Waals surface area contributed by atoms with Crippen LogP contribution in [0.3, 0.4) is 0 Å². The second kappa shape index (κ2) is 9.46. The summed E-state index contributed by atoms with van der Waals surface area (Å²) in [6.45, 7) is 5.70. The van der Waals surface area contributed by atoms with Crippen LogP contribution >= 0.6 is 11.3 Å². The summed E-state index contributed by atoms with van der Waals surface area (Å²) in [4.78, 5) is 19.0. The number of aryl methyl sites for hydroxylation is 1. The Kier molecular flexibility index (Phi) is 6.10. The van der Waals surface area contributed by atoms with Crippen LogP contribution in [0.1, 0.15) is 18.2 Å². The van der Waals surface area contributed by atoms with Gasteiger partial charge in [0, 0.05) is 50.6 Å². The maximum absolute atomic E-state index is 5.42. The molecule has 160 valence electrons. The Morgan fingerprint density at radius 2 is 1.71 bits per heavy atom. The molecule has 9 nitrogen and oxygen atoms in total. The normalized spacial score (nSPS) is 15.5. The van der Waals surface area contributed by atoms with Gasteiger partial charge in [0.1, 0.15) is 0 Å². The first-order valence-electron chi connectivity index (χ1n) is 10.4. The molecular formula is C21H23N7O2S. The van der Waals surface area contributed by atoms with Gasteiger partial charge in [-0.25, -0.2) is 0 Å². The predicted octanol–water partition coefficient (Wildman–Crippen LogP) is 2.99. The van der Waals surface area contributed by atoms with E-state index in [-0.39, 0.29) is 0 Å². The minimum atomic E-state index is 0.588. The summed E-state index contributed by atoms with van der Waals surface area (Å²) in [5, 5.41) is 10.2. The second-order valence-corrected chi connectivity index (χ2v) is 8.41. The van der Waals surface area contributed by atoms with E-state index >= 15 is 0 Å². The van der Waals surface area contributed by atoms with Crippen molar-refractivity contribution in [1.82, 2.24) is 35.1 Å². The van der Waals surface area contributed by atoms with Crippen molar-refractivity contribution in [3.63, 3.8) is 0 Å². The number of aromatic nitrogens is 5. The zero-order valence-corrected chi connectivity index (χ0v) is 17.9. The summed E-state index contributed by atoms with van der Waals surface area (Å²) in [5.41, 5.74) is 0.867. The Morgan fingerprint density at radius 1 is 0.903 bits per heavy atom. The molecule has 0 aromatic carbocycles. The molecule has 0 unspecified atom stereocenters. The zero-order chi connectivity index (χ0) is 20.9. The third-order valence-corrected chi connectivity index (χ3v) is 6.15. The van der Waals surface area contributed by atoms with E-state index in [9.17, 15) is 0 Å². The molecule has 0 spiro atoms. The van der Waals surface area contributed by atoms with E-state index in [1.54, 1.807) is 23.7 Å². The highest BCUT2D eigenvalue weighted by Crippen LogP contribution is 2.21. The fourth-order valence-electron chi connectivity index (χ4n) is 3.61. The van der Waals surface area contributed by atoms with Crippen LogP contribution in [0.25, 0.3) is 22.1 Å². The lowest BCUT2D eigenvalue weighted by molar-refractivity contribution is 0.115. The molecule has 0 saturated carbocycles. The lowest BCUT2D eigenvalue weighted by Gasteiger charge is -2.33. The van der Waals surface area contributed by atoms with Gasteiger partial charge in [0.05, 0.1) is 11.4 Å². The van der Waals surface area contributed by atoms with E-state index in [1.807, 2.05) is 29.6 Å². The minimum Gasteiger partial charge on any atom is -0.339 e. The highest BCUT2D eigenvalue weighted by Gasteiger charge is 2.19. The van der Waals surface area contributed by atoms with Gasteiger partial charge in [-0.1, -0.05) is 16.4 Å². The van der Waals surface area contributed by atoms with Crippen molar-refractivity contribution in [2.75, 3.05) is 32.7 Å². The maximum atomic E-state index is 5.42. The molecule has 0 aliphatic carbocycles. The van der Waals surface area contributed by atoms with Crippen molar-refractivity contribution in [2.24, 2.45) is 0 Å². The van der Waals surface area contributed by atoms with Crippen LogP contribution in [-0.2, 0) is 13.0 Å². The second-order valence-electron chi connectivity index (χ2n) is 7.46. The molecular weight excluding hydrogens is 414 g/mol. The molecule has 0 N–H and O–H groups in total. The van der Waals surface area contributed by atoms with Crippen LogP contribution in [-0.4, -0.2) is 67.8 Å². The van der Waals surface area contributed by atoms with E-state index in [4.69, 9.17) is 9.05 Å². The smallest absolute Gasteiger partial charge is 0.241 e. The highest BCUT2D eigenvalue weighted by atomic mass is 32.1. The first-order chi connectivity index (χ1) is 15.3. The SMILES string of the molecule is c1cncc(-c2noc(CN3CCN(CCCc4nc(-c5cccs5)no4)CC3)n2)c1. The summed E-state index contributed by atoms with van der Waals surface area (Å²) in [5.74, 6) is 2.63. The number of rotatable bonds is 8. The molecule has 1 fully saturated rings. The van der Waals surface area contributed by atoms with E-state index in [2.05, 4.69) is 35.1 Å². The van der Waals surface area contributed by atoms with Gasteiger partial charge in [-0.3, -0.25) is 9.88 Å². The van der Waals surface area contributed by atoms with Gasteiger partial charge >= 0.3 is 0 Å². The van der Waals surface area contributed by atoms with E-state index in [0.29, 0.717) is 30.0 Å². The number of pyridine rings is 1. The van der Waals surface area contributed by atoms with Crippen molar-refractivity contribution >= 4 is 11.3 Å². The van der Waals surface area contributed by atoms with Crippen molar-refractivity contribution in [3.05, 3.63) is 53.8 Å². The molecule has 5 rings (SSSR count). The quantitative estimate of drug-likeness (QED) is 0.412. The highest BCUT2D eigenvalue weighted by molar-refractivity contribution is 7.13. The molecule has 0 amide bonds. The fourth-order valence-corrected chi connectivity index (χ4v) is 4.26. The first-order valence-corrected chi connectivity index (χ1v) is 11.3. The first kappa shape index (κ1) is 20.0. The minimum absolute atomic E-state index is 0.588. The van der Waals surface area contributed by atoms with Crippen LogP contribution < -0.4 is 0 Å². The number of hydrogen-bond donors (Lipinski definition) is 0. The van der Waals surface area contributed by atoms with Gasteiger partial charge < -0.3 is 13.9 Å². The lowest BCUT2D eigenvalue weighted by atomic mass is 10.2. The molecule has 0 atom stereocenters. The Labute approximate surface area is 183 Å². The van der Waals surface area contributed by atoms with Crippen molar-refractivity contribution in [2.45, 2.75) is 19.4 Å². The van der Waals surface area contributed by atoms with Gasteiger partial charge in [0.25, 0.3) is 0 Å². The van der Waals surface area contributed by atoms with Crippen LogP contribution in [0.4, 0.5) is 0 Å². The maximum Gasteiger partial charge on any atom is 0.241 e. The third kappa shape index (κ3) is 5.04. The lowest BCUT2D eigenvalue weighted by Crippen LogP contribution is -2.46. The number of piperazine rings is 1. The average Bonchev–Trinajstić information content (AvgIpc) is 3.58.